The minimum Gasteiger partial charge on any atom is -0.385 e. The number of nitrogens with one attached hydrogen (secondary N) is 2. The van der Waals surface area contributed by atoms with Gasteiger partial charge in [0, 0.05) is 61.6 Å². The zero-order valence-electron chi connectivity index (χ0n) is 24.9. The highest BCUT2D eigenvalue weighted by Crippen LogP contribution is 2.19. The molecule has 2 N–H and O–H groups in total. The maximum atomic E-state index is 6.67. The average Bonchev–Trinajstić information content (AvgIpc) is 2.96. The van der Waals surface area contributed by atoms with Crippen molar-refractivity contribution in [3.63, 3.8) is 0 Å². The molecule has 0 fully saturated rings. The summed E-state index contributed by atoms with van der Waals surface area (Å²) in [4.78, 5) is 0. The number of pyridine rings is 2. The Morgan fingerprint density at radius 1 is 0.513 bits per heavy atom. The Bertz CT molecular complexity index is 759. The first-order valence-electron chi connectivity index (χ1n) is 15.9. The smallest absolute Gasteiger partial charge is 0.232 e. The Balaban J connectivity index is 1.50. The van der Waals surface area contributed by atoms with E-state index in [0.29, 0.717) is 0 Å². The van der Waals surface area contributed by atoms with Gasteiger partial charge in [0.1, 0.15) is 0 Å². The molecule has 0 radical (unpaired) electrons. The van der Waals surface area contributed by atoms with E-state index in [1.54, 1.807) is 0 Å². The number of hydrogen-bond acceptors (Lipinski definition) is 2. The summed E-state index contributed by atoms with van der Waals surface area (Å²) in [6.45, 7) is 6.61. The molecule has 2 heterocycles. The summed E-state index contributed by atoms with van der Waals surface area (Å²) in [6, 6.07) is 8.56. The summed E-state index contributed by atoms with van der Waals surface area (Å²) in [6.07, 6.45) is 29.5. The fraction of sp³-hybridized carbons (Fsp3) is 0.697. The molecule has 0 amide bonds. The zero-order chi connectivity index (χ0) is 28.0. The monoisotopic (exact) mass is 578 g/mol. The lowest BCUT2D eigenvalue weighted by Gasteiger charge is -2.09. The molecule has 0 spiro atoms. The first-order chi connectivity index (χ1) is 19.1. The standard InChI is InChI=1S/C33H54Cl2N4/c1-3-5-7-12-16-24-36-30-20-26-38(27-21-30)32(34)18-14-10-9-11-15-19-33(35)39-28-22-31(23-29-39)37-25-17-13-8-6-4-2/h20-23,26-29,32-33H,3-19,24-25H2,1-2H3/p+2. The van der Waals surface area contributed by atoms with Gasteiger partial charge in [0.15, 0.2) is 24.8 Å². The zero-order valence-corrected chi connectivity index (χ0v) is 26.4. The van der Waals surface area contributed by atoms with Crippen LogP contribution in [-0.2, 0) is 0 Å². The second kappa shape index (κ2) is 22.2. The Morgan fingerprint density at radius 3 is 1.23 bits per heavy atom. The summed E-state index contributed by atoms with van der Waals surface area (Å²) < 4.78 is 4.25. The van der Waals surface area contributed by atoms with Crippen molar-refractivity contribution >= 4 is 34.6 Å². The lowest BCUT2D eigenvalue weighted by atomic mass is 10.1. The van der Waals surface area contributed by atoms with E-state index in [-0.39, 0.29) is 11.0 Å². The van der Waals surface area contributed by atoms with Gasteiger partial charge in [-0.1, -0.05) is 84.5 Å². The number of unbranched alkanes of at least 4 members (excludes halogenated alkanes) is 12. The molecule has 0 aliphatic rings. The Kier molecular flexibility index (Phi) is 19.2. The van der Waals surface area contributed by atoms with Gasteiger partial charge in [-0.05, 0) is 48.9 Å². The second-order valence-electron chi connectivity index (χ2n) is 11.0. The van der Waals surface area contributed by atoms with Crippen molar-refractivity contribution < 1.29 is 9.13 Å². The van der Waals surface area contributed by atoms with Crippen LogP contribution in [-0.4, -0.2) is 13.1 Å². The van der Waals surface area contributed by atoms with Gasteiger partial charge in [0.2, 0.25) is 11.0 Å². The van der Waals surface area contributed by atoms with Gasteiger partial charge in [-0.15, -0.1) is 0 Å². The van der Waals surface area contributed by atoms with Crippen LogP contribution in [0.5, 0.6) is 0 Å². The number of halogens is 2. The van der Waals surface area contributed by atoms with Crippen molar-refractivity contribution in [3.05, 3.63) is 49.1 Å². The normalized spacial score (nSPS) is 12.8. The van der Waals surface area contributed by atoms with Gasteiger partial charge in [-0.3, -0.25) is 0 Å². The summed E-state index contributed by atoms with van der Waals surface area (Å²) in [7, 11) is 0. The highest BCUT2D eigenvalue weighted by atomic mass is 35.5. The molecule has 2 aromatic rings. The summed E-state index contributed by atoms with van der Waals surface area (Å²) in [5.41, 5.74) is 2.41. The molecule has 4 nitrogen and oxygen atoms in total. The van der Waals surface area contributed by atoms with Crippen LogP contribution in [0.3, 0.4) is 0 Å². The number of anilines is 2. The van der Waals surface area contributed by atoms with E-state index in [2.05, 4.69) is 82.7 Å². The quantitative estimate of drug-likeness (QED) is 0.0737. The Hall–Kier alpha value is -1.52. The minimum atomic E-state index is 0.0234. The van der Waals surface area contributed by atoms with E-state index in [0.717, 1.165) is 38.8 Å². The topological polar surface area (TPSA) is 31.8 Å². The first-order valence-corrected chi connectivity index (χ1v) is 16.8. The summed E-state index contributed by atoms with van der Waals surface area (Å²) in [5.74, 6) is 0. The van der Waals surface area contributed by atoms with Crippen molar-refractivity contribution in [3.8, 4) is 0 Å². The molecule has 6 heteroatoms. The molecule has 0 bridgehead atoms. The number of hydrogen-bond donors (Lipinski definition) is 2. The molecule has 2 unspecified atom stereocenters. The molecule has 0 saturated heterocycles. The van der Waals surface area contributed by atoms with E-state index in [4.69, 9.17) is 23.2 Å². The van der Waals surface area contributed by atoms with E-state index in [1.807, 2.05) is 0 Å². The van der Waals surface area contributed by atoms with Crippen LogP contribution >= 0.6 is 23.2 Å². The van der Waals surface area contributed by atoms with Gasteiger partial charge in [-0.25, -0.2) is 0 Å². The fourth-order valence-corrected chi connectivity index (χ4v) is 5.43. The molecule has 0 saturated carbocycles. The number of alkyl halides is 2. The van der Waals surface area contributed by atoms with Crippen LogP contribution in [0.2, 0.25) is 0 Å². The molecule has 220 valence electrons. The Morgan fingerprint density at radius 2 is 0.846 bits per heavy atom. The number of nitrogens with zero attached hydrogens (tertiary/aromatic N) is 2. The SMILES string of the molecule is CCCCCCCNc1cc[n+](C(Cl)CCCCCCCC(Cl)[n+]2ccc(NCCCCCCC)cc2)cc1. The van der Waals surface area contributed by atoms with Crippen LogP contribution in [0.15, 0.2) is 49.1 Å². The molecule has 0 aliphatic carbocycles. The van der Waals surface area contributed by atoms with Crippen LogP contribution in [0, 0.1) is 0 Å². The maximum absolute atomic E-state index is 6.67. The third-order valence-corrected chi connectivity index (χ3v) is 8.34. The van der Waals surface area contributed by atoms with Gasteiger partial charge in [-0.2, -0.15) is 9.13 Å². The lowest BCUT2D eigenvalue weighted by molar-refractivity contribution is -0.703. The highest BCUT2D eigenvalue weighted by Gasteiger charge is 2.15. The fourth-order valence-electron chi connectivity index (χ4n) is 4.86. The van der Waals surface area contributed by atoms with E-state index in [9.17, 15) is 0 Å². The second-order valence-corrected chi connectivity index (χ2v) is 12.0. The van der Waals surface area contributed by atoms with Crippen LogP contribution in [0.4, 0.5) is 11.4 Å². The number of rotatable bonds is 24. The van der Waals surface area contributed by atoms with Crippen LogP contribution < -0.4 is 19.8 Å². The van der Waals surface area contributed by atoms with Crippen molar-refractivity contribution in [1.29, 1.82) is 0 Å². The molecule has 39 heavy (non-hydrogen) atoms. The van der Waals surface area contributed by atoms with E-state index >= 15 is 0 Å². The third kappa shape index (κ3) is 15.7. The molecular formula is C33H56Cl2N4+2. The molecule has 2 rings (SSSR count). The van der Waals surface area contributed by atoms with Crippen molar-refractivity contribution in [1.82, 2.24) is 0 Å². The summed E-state index contributed by atoms with van der Waals surface area (Å²) >= 11 is 13.3. The Labute approximate surface area is 249 Å². The van der Waals surface area contributed by atoms with Gasteiger partial charge in [0.25, 0.3) is 0 Å². The van der Waals surface area contributed by atoms with Gasteiger partial charge >= 0.3 is 0 Å². The molecule has 0 aromatic carbocycles. The average molecular weight is 580 g/mol. The van der Waals surface area contributed by atoms with E-state index < -0.39 is 0 Å². The predicted molar refractivity (Wildman–Crippen MR) is 170 cm³/mol. The van der Waals surface area contributed by atoms with Gasteiger partial charge < -0.3 is 10.6 Å². The molecule has 2 atom stereocenters. The summed E-state index contributed by atoms with van der Waals surface area (Å²) in [5, 5.41) is 7.05. The maximum Gasteiger partial charge on any atom is 0.232 e. The molecular weight excluding hydrogens is 523 g/mol. The van der Waals surface area contributed by atoms with Crippen molar-refractivity contribution in [2.45, 2.75) is 134 Å². The van der Waals surface area contributed by atoms with Gasteiger partial charge in [0.05, 0.1) is 0 Å². The molecule has 2 aromatic heterocycles. The number of aromatic nitrogens is 2. The minimum absolute atomic E-state index is 0.0234. The predicted octanol–water partition coefficient (Wildman–Crippen LogP) is 9.93. The third-order valence-electron chi connectivity index (χ3n) is 7.46. The van der Waals surface area contributed by atoms with Crippen molar-refractivity contribution in [2.24, 2.45) is 0 Å². The van der Waals surface area contributed by atoms with Crippen LogP contribution in [0.25, 0.3) is 0 Å². The van der Waals surface area contributed by atoms with E-state index in [1.165, 1.54) is 94.8 Å². The van der Waals surface area contributed by atoms with Crippen molar-refractivity contribution in [2.75, 3.05) is 23.7 Å². The highest BCUT2D eigenvalue weighted by molar-refractivity contribution is 6.18. The van der Waals surface area contributed by atoms with Crippen LogP contribution in [0.1, 0.15) is 134 Å². The first kappa shape index (κ1) is 33.7. The molecule has 0 aliphatic heterocycles. The lowest BCUT2D eigenvalue weighted by Crippen LogP contribution is -2.35. The largest absolute Gasteiger partial charge is 0.385 e.